The number of aryl methyl sites for hydroxylation is 1. The maximum atomic E-state index is 13.9. The Bertz CT molecular complexity index is 1070. The summed E-state index contributed by atoms with van der Waals surface area (Å²) in [6.07, 6.45) is 3.85. The number of rotatable bonds is 3. The van der Waals surface area contributed by atoms with Crippen LogP contribution in [0.25, 0.3) is 0 Å². The van der Waals surface area contributed by atoms with Crippen LogP contribution >= 0.6 is 0 Å². The van der Waals surface area contributed by atoms with E-state index in [4.69, 9.17) is 18.9 Å². The van der Waals surface area contributed by atoms with Gasteiger partial charge in [-0.25, -0.2) is 4.68 Å². The second-order valence-electron chi connectivity index (χ2n) is 10.6. The van der Waals surface area contributed by atoms with Gasteiger partial charge in [0.2, 0.25) is 0 Å². The minimum Gasteiger partial charge on any atom is -0.487 e. The Morgan fingerprint density at radius 1 is 1.09 bits per heavy atom. The average Bonchev–Trinajstić information content (AvgIpc) is 3.27. The van der Waals surface area contributed by atoms with Crippen molar-refractivity contribution in [1.29, 1.82) is 0 Å². The molecule has 3 aliphatic rings. The lowest BCUT2D eigenvalue weighted by Gasteiger charge is -2.30. The molecule has 0 saturated carbocycles. The van der Waals surface area contributed by atoms with Crippen molar-refractivity contribution in [1.82, 2.24) is 9.78 Å². The van der Waals surface area contributed by atoms with Gasteiger partial charge < -0.3 is 23.8 Å². The van der Waals surface area contributed by atoms with Gasteiger partial charge in [0.05, 0.1) is 23.4 Å². The second-order valence-corrected chi connectivity index (χ2v) is 10.6. The van der Waals surface area contributed by atoms with Gasteiger partial charge >= 0.3 is 0 Å². The molecular formula is C26H35N3O5. The summed E-state index contributed by atoms with van der Waals surface area (Å²) in [6.45, 7) is 13.2. The summed E-state index contributed by atoms with van der Waals surface area (Å²) in [6, 6.07) is 5.86. The highest BCUT2D eigenvalue weighted by Crippen LogP contribution is 2.45. The summed E-state index contributed by atoms with van der Waals surface area (Å²) < 4.78 is 26.1. The molecule has 0 aliphatic carbocycles. The van der Waals surface area contributed by atoms with Crippen LogP contribution in [-0.2, 0) is 14.2 Å². The van der Waals surface area contributed by atoms with E-state index in [-0.39, 0.29) is 18.2 Å². The molecule has 3 aliphatic heterocycles. The molecule has 2 fully saturated rings. The van der Waals surface area contributed by atoms with Crippen molar-refractivity contribution in [3.63, 3.8) is 0 Å². The van der Waals surface area contributed by atoms with Crippen molar-refractivity contribution in [3.05, 3.63) is 41.2 Å². The van der Waals surface area contributed by atoms with Crippen LogP contribution in [0.15, 0.2) is 24.4 Å². The van der Waals surface area contributed by atoms with Crippen LogP contribution in [0.5, 0.6) is 5.75 Å². The minimum absolute atomic E-state index is 0.127. The van der Waals surface area contributed by atoms with Gasteiger partial charge in [-0.1, -0.05) is 6.07 Å². The van der Waals surface area contributed by atoms with Crippen molar-refractivity contribution in [2.24, 2.45) is 0 Å². The Balaban J connectivity index is 1.47. The van der Waals surface area contributed by atoms with E-state index < -0.39 is 17.5 Å². The average molecular weight is 470 g/mol. The van der Waals surface area contributed by atoms with E-state index in [2.05, 4.69) is 5.10 Å². The highest BCUT2D eigenvalue weighted by atomic mass is 16.7. The number of hydrogen-bond donors (Lipinski definition) is 0. The predicted octanol–water partition coefficient (Wildman–Crippen LogP) is 4.92. The monoisotopic (exact) mass is 469 g/mol. The van der Waals surface area contributed by atoms with Crippen molar-refractivity contribution >= 4 is 11.6 Å². The second kappa shape index (κ2) is 8.36. The molecule has 0 spiro atoms. The summed E-state index contributed by atoms with van der Waals surface area (Å²) in [4.78, 5) is 15.7. The van der Waals surface area contributed by atoms with Gasteiger partial charge in [0.25, 0.3) is 5.91 Å². The first-order valence-corrected chi connectivity index (χ1v) is 12.2. The summed E-state index contributed by atoms with van der Waals surface area (Å²) in [5, 5.41) is 4.47. The van der Waals surface area contributed by atoms with E-state index in [1.807, 2.05) is 64.6 Å². The molecule has 8 nitrogen and oxygen atoms in total. The van der Waals surface area contributed by atoms with Crippen LogP contribution < -0.4 is 9.64 Å². The molecule has 184 valence electrons. The number of carbonyl (C=O) groups excluding carboxylic acids is 1. The van der Waals surface area contributed by atoms with E-state index >= 15 is 0 Å². The highest BCUT2D eigenvalue weighted by Gasteiger charge is 2.49. The molecule has 8 heteroatoms. The Morgan fingerprint density at radius 3 is 2.47 bits per heavy atom. The molecule has 0 radical (unpaired) electrons. The van der Waals surface area contributed by atoms with Gasteiger partial charge in [-0.2, -0.15) is 5.10 Å². The molecule has 2 unspecified atom stereocenters. The minimum atomic E-state index is -0.449. The van der Waals surface area contributed by atoms with Crippen LogP contribution in [-0.4, -0.2) is 46.1 Å². The van der Waals surface area contributed by atoms with Crippen LogP contribution in [0, 0.1) is 6.92 Å². The van der Waals surface area contributed by atoms with Crippen molar-refractivity contribution < 1.29 is 23.7 Å². The Labute approximate surface area is 201 Å². The first-order chi connectivity index (χ1) is 16.1. The topological polar surface area (TPSA) is 75.1 Å². The van der Waals surface area contributed by atoms with Gasteiger partial charge in [-0.15, -0.1) is 0 Å². The molecular weight excluding hydrogens is 434 g/mol. The van der Waals surface area contributed by atoms with Gasteiger partial charge in [0.1, 0.15) is 6.61 Å². The molecule has 0 bridgehead atoms. The van der Waals surface area contributed by atoms with E-state index in [1.54, 1.807) is 10.9 Å². The van der Waals surface area contributed by atoms with E-state index in [0.717, 1.165) is 36.1 Å². The molecule has 1 aromatic heterocycles. The van der Waals surface area contributed by atoms with Gasteiger partial charge in [-0.05, 0) is 78.5 Å². The molecule has 0 N–H and O–H groups in total. The van der Waals surface area contributed by atoms with Crippen LogP contribution in [0.3, 0.4) is 0 Å². The third kappa shape index (κ3) is 3.82. The molecule has 4 heterocycles. The van der Waals surface area contributed by atoms with Crippen LogP contribution in [0.1, 0.15) is 88.0 Å². The van der Waals surface area contributed by atoms with Gasteiger partial charge in [0.15, 0.2) is 24.0 Å². The van der Waals surface area contributed by atoms with E-state index in [1.165, 1.54) is 0 Å². The van der Waals surface area contributed by atoms with Gasteiger partial charge in [0, 0.05) is 17.9 Å². The van der Waals surface area contributed by atoms with Crippen molar-refractivity contribution in [3.8, 4) is 5.75 Å². The number of hydrogen-bond acceptors (Lipinski definition) is 6. The quantitative estimate of drug-likeness (QED) is 0.635. The number of ether oxygens (including phenoxy) is 4. The third-order valence-corrected chi connectivity index (χ3v) is 7.54. The third-order valence-electron chi connectivity index (χ3n) is 7.54. The lowest BCUT2D eigenvalue weighted by molar-refractivity contribution is -0.0895. The molecule has 34 heavy (non-hydrogen) atoms. The number of carbonyl (C=O) groups is 1. The molecule has 2 aromatic rings. The fourth-order valence-electron chi connectivity index (χ4n) is 4.81. The standard InChI is InChI=1S/C26H35N3O5/c1-16-13-18(24-33-25(3,4)26(5,6)34-24)10-11-19(16)28-17(2)15-32-20-14-27-29(22(20)23(28)30)21-9-7-8-12-31-21/h10-11,13-14,17,21,24H,7-9,12,15H2,1-6H3. The number of nitrogens with zero attached hydrogens (tertiary/aromatic N) is 3. The Morgan fingerprint density at radius 2 is 1.82 bits per heavy atom. The smallest absolute Gasteiger partial charge is 0.280 e. The summed E-state index contributed by atoms with van der Waals surface area (Å²) in [5.74, 6) is 0.387. The van der Waals surface area contributed by atoms with Crippen molar-refractivity contribution in [2.75, 3.05) is 18.1 Å². The van der Waals surface area contributed by atoms with E-state index in [9.17, 15) is 4.79 Å². The highest BCUT2D eigenvalue weighted by molar-refractivity contribution is 6.07. The zero-order chi connectivity index (χ0) is 24.3. The zero-order valence-electron chi connectivity index (χ0n) is 21.0. The molecule has 2 atom stereocenters. The molecule has 1 amide bonds. The summed E-state index contributed by atoms with van der Waals surface area (Å²) in [5.41, 5.74) is 2.38. The fourth-order valence-corrected chi connectivity index (χ4v) is 4.81. The first-order valence-electron chi connectivity index (χ1n) is 12.2. The van der Waals surface area contributed by atoms with Gasteiger partial charge in [-0.3, -0.25) is 4.79 Å². The maximum Gasteiger partial charge on any atom is 0.280 e. The lowest BCUT2D eigenvalue weighted by atomic mass is 9.90. The number of amides is 1. The number of anilines is 1. The molecule has 2 saturated heterocycles. The Kier molecular flexibility index (Phi) is 5.73. The largest absolute Gasteiger partial charge is 0.487 e. The molecule has 5 rings (SSSR count). The number of fused-ring (bicyclic) bond motifs is 1. The number of benzene rings is 1. The normalized spacial score (nSPS) is 26.8. The zero-order valence-corrected chi connectivity index (χ0v) is 21.0. The summed E-state index contributed by atoms with van der Waals surface area (Å²) in [7, 11) is 0. The lowest BCUT2D eigenvalue weighted by Crippen LogP contribution is -2.41. The molecule has 1 aromatic carbocycles. The SMILES string of the molecule is Cc1cc(C2OC(C)(C)C(C)(C)O2)ccc1N1C(=O)c2c(cnn2C2CCCCO2)OCC1C. The van der Waals surface area contributed by atoms with Crippen LogP contribution in [0.4, 0.5) is 5.69 Å². The van der Waals surface area contributed by atoms with Crippen molar-refractivity contribution in [2.45, 2.75) is 90.6 Å². The van der Waals surface area contributed by atoms with Crippen LogP contribution in [0.2, 0.25) is 0 Å². The maximum absolute atomic E-state index is 13.9. The summed E-state index contributed by atoms with van der Waals surface area (Å²) >= 11 is 0. The Hall–Kier alpha value is -2.42. The number of aromatic nitrogens is 2. The fraction of sp³-hybridized carbons (Fsp3) is 0.615. The predicted molar refractivity (Wildman–Crippen MR) is 127 cm³/mol. The first kappa shape index (κ1) is 23.3. The van der Waals surface area contributed by atoms with E-state index in [0.29, 0.717) is 24.7 Å².